The van der Waals surface area contributed by atoms with Crippen molar-refractivity contribution >= 4 is 0 Å². The van der Waals surface area contributed by atoms with Gasteiger partial charge in [-0.3, -0.25) is 9.97 Å². The van der Waals surface area contributed by atoms with Crippen molar-refractivity contribution in [3.8, 4) is 33.9 Å². The van der Waals surface area contributed by atoms with Crippen molar-refractivity contribution in [3.63, 3.8) is 0 Å². The van der Waals surface area contributed by atoms with Gasteiger partial charge in [-0.2, -0.15) is 0 Å². The van der Waals surface area contributed by atoms with E-state index in [2.05, 4.69) is 29.2 Å². The Bertz CT molecular complexity index is 936. The molecule has 0 unspecified atom stereocenters. The molecule has 4 rings (SSSR count). The Morgan fingerprint density at radius 1 is 0.500 bits per heavy atom. The monoisotopic (exact) mass is 309 g/mol. The van der Waals surface area contributed by atoms with Gasteiger partial charge in [-0.25, -0.2) is 4.98 Å². The molecule has 2 aromatic carbocycles. The van der Waals surface area contributed by atoms with E-state index in [0.717, 1.165) is 33.9 Å². The topological polar surface area (TPSA) is 38.7 Å². The van der Waals surface area contributed by atoms with Crippen molar-refractivity contribution in [3.05, 3.63) is 91.3 Å². The van der Waals surface area contributed by atoms with Crippen LogP contribution in [0, 0.1) is 0 Å². The van der Waals surface area contributed by atoms with Crippen molar-refractivity contribution < 1.29 is 0 Å². The summed E-state index contributed by atoms with van der Waals surface area (Å²) in [4.78, 5) is 13.9. The van der Waals surface area contributed by atoms with E-state index < -0.39 is 0 Å². The predicted molar refractivity (Wildman–Crippen MR) is 96.1 cm³/mol. The molecular formula is C21H15N3. The van der Waals surface area contributed by atoms with E-state index in [0.29, 0.717) is 0 Å². The number of aromatic nitrogens is 3. The molecule has 0 aliphatic heterocycles. The highest BCUT2D eigenvalue weighted by molar-refractivity contribution is 5.79. The van der Waals surface area contributed by atoms with Crippen molar-refractivity contribution in [2.24, 2.45) is 0 Å². The van der Waals surface area contributed by atoms with E-state index in [1.54, 1.807) is 12.4 Å². The molecule has 3 nitrogen and oxygen atoms in total. The third-order valence-corrected chi connectivity index (χ3v) is 3.79. The Morgan fingerprint density at radius 3 is 1.75 bits per heavy atom. The molecule has 114 valence electrons. The van der Waals surface area contributed by atoms with E-state index in [4.69, 9.17) is 9.97 Å². The Balaban J connectivity index is 1.92. The maximum atomic E-state index is 4.86. The zero-order valence-electron chi connectivity index (χ0n) is 13.0. The lowest BCUT2D eigenvalue weighted by Crippen LogP contribution is -1.96. The second kappa shape index (κ2) is 6.42. The molecule has 0 atom stereocenters. The molecule has 0 aliphatic carbocycles. The summed E-state index contributed by atoms with van der Waals surface area (Å²) in [5.74, 6) is 0. The van der Waals surface area contributed by atoms with Gasteiger partial charge < -0.3 is 0 Å². The van der Waals surface area contributed by atoms with Crippen LogP contribution >= 0.6 is 0 Å². The minimum atomic E-state index is 0.772. The lowest BCUT2D eigenvalue weighted by atomic mass is 10.0. The van der Waals surface area contributed by atoms with Crippen LogP contribution in [-0.4, -0.2) is 15.0 Å². The average Bonchev–Trinajstić information content (AvgIpc) is 2.69. The molecule has 0 amide bonds. The Kier molecular flexibility index (Phi) is 3.82. The van der Waals surface area contributed by atoms with Crippen LogP contribution in [0.4, 0.5) is 0 Å². The number of benzene rings is 2. The minimum absolute atomic E-state index is 0.772. The normalized spacial score (nSPS) is 10.5. The molecule has 0 radical (unpaired) electrons. The molecule has 0 N–H and O–H groups in total. The summed E-state index contributed by atoms with van der Waals surface area (Å²) in [7, 11) is 0. The van der Waals surface area contributed by atoms with Gasteiger partial charge in [0, 0.05) is 17.3 Å². The van der Waals surface area contributed by atoms with Crippen molar-refractivity contribution in [1.82, 2.24) is 15.0 Å². The lowest BCUT2D eigenvalue weighted by molar-refractivity contribution is 1.18. The van der Waals surface area contributed by atoms with Gasteiger partial charge in [0.25, 0.3) is 0 Å². The van der Waals surface area contributed by atoms with Crippen molar-refractivity contribution in [2.45, 2.75) is 0 Å². The Hall–Kier alpha value is -3.33. The number of hydrogen-bond donors (Lipinski definition) is 0. The third kappa shape index (κ3) is 2.79. The highest BCUT2D eigenvalue weighted by Gasteiger charge is 2.13. The number of nitrogens with zero attached hydrogens (tertiary/aromatic N) is 3. The van der Waals surface area contributed by atoms with E-state index in [-0.39, 0.29) is 0 Å². The molecular weight excluding hydrogens is 294 g/mol. The average molecular weight is 309 g/mol. The summed E-state index contributed by atoms with van der Waals surface area (Å²) in [5, 5.41) is 0. The predicted octanol–water partition coefficient (Wildman–Crippen LogP) is 4.87. The van der Waals surface area contributed by atoms with Crippen molar-refractivity contribution in [1.29, 1.82) is 0 Å². The fourth-order valence-electron chi connectivity index (χ4n) is 2.63. The first-order chi connectivity index (χ1) is 11.9. The van der Waals surface area contributed by atoms with Crippen LogP contribution in [0.3, 0.4) is 0 Å². The molecule has 4 aromatic rings. The maximum absolute atomic E-state index is 4.86. The van der Waals surface area contributed by atoms with Crippen LogP contribution in [0.2, 0.25) is 0 Å². The third-order valence-electron chi connectivity index (χ3n) is 3.79. The molecule has 0 saturated carbocycles. The standard InChI is InChI=1S/C21H15N3/c1-3-9-16(10-4-1)20-21(17-11-5-2-6-12-17)24-19(15-23-20)18-13-7-8-14-22-18/h1-15H. The first-order valence-electron chi connectivity index (χ1n) is 7.81. The number of rotatable bonds is 3. The molecule has 0 saturated heterocycles. The second-order valence-corrected chi connectivity index (χ2v) is 5.40. The van der Waals surface area contributed by atoms with Crippen LogP contribution in [0.25, 0.3) is 33.9 Å². The highest BCUT2D eigenvalue weighted by atomic mass is 14.9. The van der Waals surface area contributed by atoms with Crippen LogP contribution in [0.5, 0.6) is 0 Å². The summed E-state index contributed by atoms with van der Waals surface area (Å²) < 4.78 is 0. The molecule has 3 heteroatoms. The SMILES string of the molecule is c1ccc(-c2ncc(-c3ccccn3)nc2-c2ccccc2)cc1. The van der Waals surface area contributed by atoms with E-state index in [9.17, 15) is 0 Å². The maximum Gasteiger partial charge on any atom is 0.108 e. The van der Waals surface area contributed by atoms with Gasteiger partial charge in [-0.05, 0) is 12.1 Å². The summed E-state index contributed by atoms with van der Waals surface area (Å²) in [6.07, 6.45) is 3.56. The van der Waals surface area contributed by atoms with E-state index in [1.165, 1.54) is 0 Å². The van der Waals surface area contributed by atoms with Gasteiger partial charge in [0.05, 0.1) is 23.3 Å². The van der Waals surface area contributed by atoms with Crippen molar-refractivity contribution in [2.75, 3.05) is 0 Å². The van der Waals surface area contributed by atoms with Crippen LogP contribution in [0.15, 0.2) is 91.3 Å². The largest absolute Gasteiger partial charge is 0.255 e. The van der Waals surface area contributed by atoms with Gasteiger partial charge in [0.15, 0.2) is 0 Å². The van der Waals surface area contributed by atoms with Gasteiger partial charge in [-0.1, -0.05) is 66.7 Å². The van der Waals surface area contributed by atoms with Gasteiger partial charge >= 0.3 is 0 Å². The Labute approximate surface area is 140 Å². The van der Waals surface area contributed by atoms with Crippen LogP contribution in [-0.2, 0) is 0 Å². The summed E-state index contributed by atoms with van der Waals surface area (Å²) >= 11 is 0. The molecule has 0 spiro atoms. The first-order valence-corrected chi connectivity index (χ1v) is 7.81. The van der Waals surface area contributed by atoms with Gasteiger partial charge in [-0.15, -0.1) is 0 Å². The fraction of sp³-hybridized carbons (Fsp3) is 0. The quantitative estimate of drug-likeness (QED) is 0.542. The Morgan fingerprint density at radius 2 is 1.12 bits per heavy atom. The van der Waals surface area contributed by atoms with Crippen LogP contribution in [0.1, 0.15) is 0 Å². The lowest BCUT2D eigenvalue weighted by Gasteiger charge is -2.10. The number of hydrogen-bond acceptors (Lipinski definition) is 3. The molecule has 0 bridgehead atoms. The summed E-state index contributed by atoms with van der Waals surface area (Å²) in [5.41, 5.74) is 5.43. The molecule has 24 heavy (non-hydrogen) atoms. The van der Waals surface area contributed by atoms with Gasteiger partial charge in [0.1, 0.15) is 5.69 Å². The minimum Gasteiger partial charge on any atom is -0.255 e. The highest BCUT2D eigenvalue weighted by Crippen LogP contribution is 2.30. The number of pyridine rings is 1. The second-order valence-electron chi connectivity index (χ2n) is 5.40. The van der Waals surface area contributed by atoms with E-state index >= 15 is 0 Å². The first kappa shape index (κ1) is 14.3. The van der Waals surface area contributed by atoms with Crippen LogP contribution < -0.4 is 0 Å². The molecule has 2 heterocycles. The molecule has 0 aliphatic rings. The summed E-state index contributed by atoms with van der Waals surface area (Å²) in [6, 6.07) is 26.1. The fourth-order valence-corrected chi connectivity index (χ4v) is 2.63. The zero-order valence-corrected chi connectivity index (χ0v) is 13.0. The smallest absolute Gasteiger partial charge is 0.108 e. The molecule has 2 aromatic heterocycles. The molecule has 0 fully saturated rings. The summed E-state index contributed by atoms with van der Waals surface area (Å²) in [6.45, 7) is 0. The zero-order chi connectivity index (χ0) is 16.2. The van der Waals surface area contributed by atoms with E-state index in [1.807, 2.05) is 54.6 Å². The van der Waals surface area contributed by atoms with Gasteiger partial charge in [0.2, 0.25) is 0 Å².